The molecule has 3 rings (SSSR count). The first kappa shape index (κ1) is 21.8. The standard InChI is InChI=1S/C21H29N3O2.HI/c1-25-15-13-23-20(22-12-9-19-8-5-14-26-19)24-17-21(10-11-21)16-18-6-3-2-4-7-18;/h2-8,14H,9-13,15-17H2,1H3,(H2,22,23,24);1H. The normalized spacial score (nSPS) is 15.1. The summed E-state index contributed by atoms with van der Waals surface area (Å²) in [6, 6.07) is 14.6. The Kier molecular flexibility index (Phi) is 9.14. The summed E-state index contributed by atoms with van der Waals surface area (Å²) in [5.74, 6) is 1.84. The Labute approximate surface area is 179 Å². The van der Waals surface area contributed by atoms with Gasteiger partial charge in [-0.05, 0) is 42.4 Å². The largest absolute Gasteiger partial charge is 0.469 e. The summed E-state index contributed by atoms with van der Waals surface area (Å²) >= 11 is 0. The first-order valence-electron chi connectivity index (χ1n) is 9.37. The highest BCUT2D eigenvalue weighted by molar-refractivity contribution is 14.0. The number of hydrogen-bond donors (Lipinski definition) is 2. The van der Waals surface area contributed by atoms with E-state index in [2.05, 4.69) is 41.0 Å². The van der Waals surface area contributed by atoms with Crippen LogP contribution in [0.5, 0.6) is 0 Å². The Balaban J connectivity index is 0.00000261. The van der Waals surface area contributed by atoms with Crippen LogP contribution in [0.25, 0.3) is 0 Å². The minimum absolute atomic E-state index is 0. The predicted octanol–water partition coefficient (Wildman–Crippen LogP) is 3.64. The molecule has 1 fully saturated rings. The number of ether oxygens (including phenoxy) is 1. The van der Waals surface area contributed by atoms with E-state index in [1.807, 2.05) is 12.1 Å². The second kappa shape index (κ2) is 11.3. The third-order valence-corrected chi connectivity index (χ3v) is 4.79. The summed E-state index contributed by atoms with van der Waals surface area (Å²) in [5, 5.41) is 6.75. The second-order valence-electron chi connectivity index (χ2n) is 7.00. The van der Waals surface area contributed by atoms with Gasteiger partial charge in [-0.3, -0.25) is 4.99 Å². The van der Waals surface area contributed by atoms with Gasteiger partial charge >= 0.3 is 0 Å². The van der Waals surface area contributed by atoms with Crippen molar-refractivity contribution >= 4 is 29.9 Å². The number of halogens is 1. The fourth-order valence-corrected chi connectivity index (χ4v) is 3.05. The zero-order valence-electron chi connectivity index (χ0n) is 15.9. The number of nitrogens with zero attached hydrogens (tertiary/aromatic N) is 1. The van der Waals surface area contributed by atoms with Gasteiger partial charge in [-0.1, -0.05) is 30.3 Å². The quantitative estimate of drug-likeness (QED) is 0.235. The van der Waals surface area contributed by atoms with E-state index in [4.69, 9.17) is 14.1 Å². The maximum absolute atomic E-state index is 5.38. The number of guanidine groups is 1. The SMILES string of the molecule is COCCNC(=NCC1(Cc2ccccc2)CC1)NCCc1ccco1.I. The topological polar surface area (TPSA) is 58.8 Å². The van der Waals surface area contributed by atoms with Crippen molar-refractivity contribution in [1.29, 1.82) is 0 Å². The molecule has 1 aromatic carbocycles. The van der Waals surface area contributed by atoms with Crippen molar-refractivity contribution in [2.45, 2.75) is 25.7 Å². The van der Waals surface area contributed by atoms with E-state index in [0.717, 1.165) is 44.2 Å². The van der Waals surface area contributed by atoms with Gasteiger partial charge in [-0.15, -0.1) is 24.0 Å². The van der Waals surface area contributed by atoms with Gasteiger partial charge in [0, 0.05) is 33.2 Å². The molecule has 1 aliphatic rings. The van der Waals surface area contributed by atoms with Crippen LogP contribution in [0.15, 0.2) is 58.1 Å². The van der Waals surface area contributed by atoms with Crippen LogP contribution in [0.2, 0.25) is 0 Å². The molecule has 0 bridgehead atoms. The molecule has 0 aliphatic heterocycles. The third kappa shape index (κ3) is 7.54. The smallest absolute Gasteiger partial charge is 0.191 e. The highest BCUT2D eigenvalue weighted by Gasteiger charge is 2.42. The molecule has 0 saturated heterocycles. The lowest BCUT2D eigenvalue weighted by Crippen LogP contribution is -2.40. The zero-order valence-corrected chi connectivity index (χ0v) is 18.3. The molecule has 2 aromatic rings. The van der Waals surface area contributed by atoms with Gasteiger partial charge in [-0.2, -0.15) is 0 Å². The van der Waals surface area contributed by atoms with Gasteiger partial charge in [0.05, 0.1) is 12.9 Å². The van der Waals surface area contributed by atoms with Crippen LogP contribution in [-0.4, -0.2) is 39.3 Å². The Morgan fingerprint density at radius 1 is 1.11 bits per heavy atom. The van der Waals surface area contributed by atoms with E-state index in [1.54, 1.807) is 13.4 Å². The lowest BCUT2D eigenvalue weighted by Gasteiger charge is -2.16. The summed E-state index contributed by atoms with van der Waals surface area (Å²) in [7, 11) is 1.71. The van der Waals surface area contributed by atoms with Gasteiger partial charge in [0.15, 0.2) is 5.96 Å². The molecule has 0 spiro atoms. The molecule has 0 amide bonds. The molecule has 1 aromatic heterocycles. The highest BCUT2D eigenvalue weighted by atomic mass is 127. The number of methoxy groups -OCH3 is 1. The number of benzene rings is 1. The highest BCUT2D eigenvalue weighted by Crippen LogP contribution is 2.48. The Morgan fingerprint density at radius 3 is 2.56 bits per heavy atom. The number of aliphatic imine (C=N–C) groups is 1. The van der Waals surface area contributed by atoms with Crippen LogP contribution in [0, 0.1) is 5.41 Å². The van der Waals surface area contributed by atoms with E-state index < -0.39 is 0 Å². The van der Waals surface area contributed by atoms with Crippen LogP contribution in [0.3, 0.4) is 0 Å². The second-order valence-corrected chi connectivity index (χ2v) is 7.00. The summed E-state index contributed by atoms with van der Waals surface area (Å²) in [5.41, 5.74) is 1.73. The Morgan fingerprint density at radius 2 is 1.89 bits per heavy atom. The van der Waals surface area contributed by atoms with Crippen LogP contribution < -0.4 is 10.6 Å². The molecule has 0 radical (unpaired) electrons. The number of nitrogens with one attached hydrogen (secondary N) is 2. The summed E-state index contributed by atoms with van der Waals surface area (Å²) in [6.45, 7) is 3.05. The predicted molar refractivity (Wildman–Crippen MR) is 120 cm³/mol. The average Bonchev–Trinajstić information content (AvgIpc) is 3.22. The molecule has 1 saturated carbocycles. The van der Waals surface area contributed by atoms with Gasteiger partial charge in [0.1, 0.15) is 5.76 Å². The van der Waals surface area contributed by atoms with E-state index in [1.165, 1.54) is 18.4 Å². The Bertz CT molecular complexity index is 670. The molecule has 0 unspecified atom stereocenters. The molecule has 6 heteroatoms. The number of hydrogen-bond acceptors (Lipinski definition) is 3. The fraction of sp³-hybridized carbons (Fsp3) is 0.476. The van der Waals surface area contributed by atoms with E-state index in [9.17, 15) is 0 Å². The van der Waals surface area contributed by atoms with Crippen molar-refractivity contribution in [2.75, 3.05) is 33.4 Å². The zero-order chi connectivity index (χ0) is 18.1. The molecule has 5 nitrogen and oxygen atoms in total. The van der Waals surface area contributed by atoms with Gasteiger partial charge < -0.3 is 19.8 Å². The van der Waals surface area contributed by atoms with E-state index in [0.29, 0.717) is 12.0 Å². The molecular formula is C21H30IN3O2. The van der Waals surface area contributed by atoms with Crippen molar-refractivity contribution in [3.8, 4) is 0 Å². The molecular weight excluding hydrogens is 453 g/mol. The minimum atomic E-state index is 0. The molecule has 27 heavy (non-hydrogen) atoms. The van der Waals surface area contributed by atoms with Crippen molar-refractivity contribution in [1.82, 2.24) is 10.6 Å². The average molecular weight is 483 g/mol. The number of rotatable bonds is 10. The maximum Gasteiger partial charge on any atom is 0.191 e. The first-order chi connectivity index (χ1) is 12.8. The van der Waals surface area contributed by atoms with Crippen LogP contribution in [0.1, 0.15) is 24.2 Å². The van der Waals surface area contributed by atoms with Crippen molar-refractivity contribution in [3.63, 3.8) is 0 Å². The monoisotopic (exact) mass is 483 g/mol. The van der Waals surface area contributed by atoms with E-state index in [-0.39, 0.29) is 24.0 Å². The molecule has 148 valence electrons. The van der Waals surface area contributed by atoms with Gasteiger partial charge in [-0.25, -0.2) is 0 Å². The van der Waals surface area contributed by atoms with Crippen molar-refractivity contribution in [2.24, 2.45) is 10.4 Å². The minimum Gasteiger partial charge on any atom is -0.469 e. The first-order valence-corrected chi connectivity index (χ1v) is 9.37. The van der Waals surface area contributed by atoms with Gasteiger partial charge in [0.25, 0.3) is 0 Å². The lowest BCUT2D eigenvalue weighted by atomic mass is 9.97. The van der Waals surface area contributed by atoms with E-state index >= 15 is 0 Å². The van der Waals surface area contributed by atoms with Crippen LogP contribution >= 0.6 is 24.0 Å². The molecule has 0 atom stereocenters. The fourth-order valence-electron chi connectivity index (χ4n) is 3.05. The van der Waals surface area contributed by atoms with Gasteiger partial charge in [0.2, 0.25) is 0 Å². The molecule has 1 heterocycles. The third-order valence-electron chi connectivity index (χ3n) is 4.79. The maximum atomic E-state index is 5.38. The van der Waals surface area contributed by atoms with Crippen molar-refractivity contribution < 1.29 is 9.15 Å². The molecule has 1 aliphatic carbocycles. The van der Waals surface area contributed by atoms with Crippen molar-refractivity contribution in [3.05, 3.63) is 60.1 Å². The summed E-state index contributed by atoms with van der Waals surface area (Å²) in [4.78, 5) is 4.85. The molecule has 2 N–H and O–H groups in total. The Hall–Kier alpha value is -1.54. The van der Waals surface area contributed by atoms with Crippen LogP contribution in [-0.2, 0) is 17.6 Å². The number of furan rings is 1. The summed E-state index contributed by atoms with van der Waals surface area (Å²) in [6.07, 6.45) is 6.16. The lowest BCUT2D eigenvalue weighted by molar-refractivity contribution is 0.203. The van der Waals surface area contributed by atoms with Crippen LogP contribution in [0.4, 0.5) is 0 Å². The summed E-state index contributed by atoms with van der Waals surface area (Å²) < 4.78 is 10.5.